The third-order valence-electron chi connectivity index (χ3n) is 3.03. The second kappa shape index (κ2) is 6.56. The minimum Gasteiger partial charge on any atom is -0.272 e. The number of benzene rings is 1. The van der Waals surface area contributed by atoms with Gasteiger partial charge in [0.1, 0.15) is 5.69 Å². The van der Waals surface area contributed by atoms with Crippen molar-refractivity contribution in [2.45, 2.75) is 11.8 Å². The van der Waals surface area contributed by atoms with Gasteiger partial charge in [-0.25, -0.2) is 8.42 Å². The number of hydrazone groups is 1. The first kappa shape index (κ1) is 17.9. The fourth-order valence-corrected chi connectivity index (χ4v) is 2.36. The predicted molar refractivity (Wildman–Crippen MR) is 79.5 cm³/mol. The number of nitrogens with zero attached hydrogens (tertiary/aromatic N) is 2. The molecule has 1 heterocycles. The maximum Gasteiger partial charge on any atom is 0.254 e. The Hall–Kier alpha value is -2.49. The molecule has 0 unspecified atom stereocenters. The van der Waals surface area contributed by atoms with Gasteiger partial charge in [0, 0.05) is 6.26 Å². The number of sulfone groups is 1. The largest absolute Gasteiger partial charge is 0.272 e. The van der Waals surface area contributed by atoms with Gasteiger partial charge in [0.2, 0.25) is 11.6 Å². The fraction of sp³-hybridized carbons (Fsp3) is 0.143. The van der Waals surface area contributed by atoms with Crippen LogP contribution in [0.2, 0.25) is 0 Å². The number of aromatic nitrogens is 1. The van der Waals surface area contributed by atoms with E-state index in [4.69, 9.17) is 0 Å². The van der Waals surface area contributed by atoms with E-state index in [1.54, 1.807) is 0 Å². The van der Waals surface area contributed by atoms with E-state index in [0.717, 1.165) is 6.26 Å². The number of anilines is 1. The van der Waals surface area contributed by atoms with Crippen molar-refractivity contribution in [3.63, 3.8) is 0 Å². The molecule has 5 nitrogen and oxygen atoms in total. The van der Waals surface area contributed by atoms with Crippen molar-refractivity contribution >= 4 is 21.2 Å². The molecular formula is C14H11F4N3O2S. The highest BCUT2D eigenvalue weighted by Gasteiger charge is 2.20. The first-order chi connectivity index (χ1) is 11.1. The van der Waals surface area contributed by atoms with Crippen LogP contribution in [0.4, 0.5) is 23.2 Å². The number of halogens is 4. The molecule has 0 aliphatic rings. The van der Waals surface area contributed by atoms with Gasteiger partial charge in [-0.2, -0.15) is 27.6 Å². The summed E-state index contributed by atoms with van der Waals surface area (Å²) in [4.78, 5) is 2.51. The zero-order valence-electron chi connectivity index (χ0n) is 12.4. The van der Waals surface area contributed by atoms with Crippen LogP contribution < -0.4 is 5.43 Å². The molecule has 0 bridgehead atoms. The molecule has 0 saturated heterocycles. The Labute approximate surface area is 135 Å². The van der Waals surface area contributed by atoms with Crippen molar-refractivity contribution in [2.24, 2.45) is 5.10 Å². The molecule has 1 aromatic carbocycles. The van der Waals surface area contributed by atoms with Crippen molar-refractivity contribution < 1.29 is 26.0 Å². The highest BCUT2D eigenvalue weighted by atomic mass is 32.2. The van der Waals surface area contributed by atoms with Gasteiger partial charge in [-0.05, 0) is 24.6 Å². The first-order valence-corrected chi connectivity index (χ1v) is 8.31. The molecule has 2 aromatic rings. The molecule has 0 atom stereocenters. The molecule has 1 aromatic heterocycles. The molecule has 0 aliphatic carbocycles. The topological polar surface area (TPSA) is 71.4 Å². The van der Waals surface area contributed by atoms with Crippen LogP contribution in [0.5, 0.6) is 0 Å². The molecular weight excluding hydrogens is 350 g/mol. The Bertz CT molecular complexity index is 886. The van der Waals surface area contributed by atoms with Crippen LogP contribution in [0.3, 0.4) is 0 Å². The molecule has 24 heavy (non-hydrogen) atoms. The van der Waals surface area contributed by atoms with E-state index in [-0.39, 0.29) is 10.6 Å². The minimum absolute atomic E-state index is 0.0855. The number of hydrogen-bond acceptors (Lipinski definition) is 5. The summed E-state index contributed by atoms with van der Waals surface area (Å²) in [6, 6.07) is 5.52. The predicted octanol–water partition coefficient (Wildman–Crippen LogP) is 2.88. The van der Waals surface area contributed by atoms with Crippen molar-refractivity contribution in [1.82, 2.24) is 4.98 Å². The van der Waals surface area contributed by atoms with E-state index in [9.17, 15) is 26.0 Å². The normalized spacial score (nSPS) is 12.3. The number of hydrogen-bond donors (Lipinski definition) is 1. The smallest absolute Gasteiger partial charge is 0.254 e. The van der Waals surface area contributed by atoms with E-state index in [1.165, 1.54) is 31.2 Å². The van der Waals surface area contributed by atoms with Crippen LogP contribution in [0.15, 0.2) is 34.3 Å². The summed E-state index contributed by atoms with van der Waals surface area (Å²) in [5, 5.41) is 3.64. The summed E-state index contributed by atoms with van der Waals surface area (Å²) in [5.41, 5.74) is 1.42. The SMILES string of the molecule is C/C(=N/Nc1c(F)c(F)nc(F)c1F)c1ccc(S(C)(=O)=O)cc1. The van der Waals surface area contributed by atoms with Gasteiger partial charge in [-0.15, -0.1) is 0 Å². The molecule has 0 fully saturated rings. The quantitative estimate of drug-likeness (QED) is 0.393. The maximum absolute atomic E-state index is 13.4. The summed E-state index contributed by atoms with van der Waals surface area (Å²) >= 11 is 0. The van der Waals surface area contributed by atoms with E-state index in [0.29, 0.717) is 5.56 Å². The van der Waals surface area contributed by atoms with Crippen LogP contribution in [0.1, 0.15) is 12.5 Å². The van der Waals surface area contributed by atoms with Crippen LogP contribution in [0, 0.1) is 23.5 Å². The molecule has 0 spiro atoms. The summed E-state index contributed by atoms with van der Waals surface area (Å²) < 4.78 is 75.6. The molecule has 128 valence electrons. The Morgan fingerprint density at radius 1 is 1.04 bits per heavy atom. The average molecular weight is 361 g/mol. The molecule has 1 N–H and O–H groups in total. The highest BCUT2D eigenvalue weighted by molar-refractivity contribution is 7.90. The number of rotatable bonds is 4. The molecule has 0 aliphatic heterocycles. The van der Waals surface area contributed by atoms with Gasteiger partial charge < -0.3 is 0 Å². The van der Waals surface area contributed by atoms with Gasteiger partial charge in [0.15, 0.2) is 9.84 Å². The average Bonchev–Trinajstić information content (AvgIpc) is 2.52. The Morgan fingerprint density at radius 2 is 1.54 bits per heavy atom. The number of nitrogens with one attached hydrogen (secondary N) is 1. The van der Waals surface area contributed by atoms with Crippen LogP contribution >= 0.6 is 0 Å². The van der Waals surface area contributed by atoms with Crippen LogP contribution in [-0.2, 0) is 9.84 Å². The van der Waals surface area contributed by atoms with Crippen LogP contribution in [0.25, 0.3) is 0 Å². The maximum atomic E-state index is 13.4. The van der Waals surface area contributed by atoms with Gasteiger partial charge in [-0.3, -0.25) is 5.43 Å². The Morgan fingerprint density at radius 3 is 2.00 bits per heavy atom. The zero-order chi connectivity index (χ0) is 18.1. The van der Waals surface area contributed by atoms with Crippen molar-refractivity contribution in [2.75, 3.05) is 11.7 Å². The summed E-state index contributed by atoms with van der Waals surface area (Å²) in [5.74, 6) is -7.03. The van der Waals surface area contributed by atoms with Gasteiger partial charge in [0.25, 0.3) is 11.9 Å². The lowest BCUT2D eigenvalue weighted by molar-refractivity contribution is 0.411. The Balaban J connectivity index is 2.30. The lowest BCUT2D eigenvalue weighted by Gasteiger charge is -2.07. The lowest BCUT2D eigenvalue weighted by Crippen LogP contribution is -2.08. The van der Waals surface area contributed by atoms with Gasteiger partial charge in [-0.1, -0.05) is 12.1 Å². The molecule has 0 saturated carbocycles. The highest BCUT2D eigenvalue weighted by Crippen LogP contribution is 2.22. The second-order valence-corrected chi connectivity index (χ2v) is 6.82. The summed E-state index contributed by atoms with van der Waals surface area (Å²) in [6.45, 7) is 1.45. The molecule has 10 heteroatoms. The number of pyridine rings is 1. The van der Waals surface area contributed by atoms with Crippen molar-refractivity contribution in [1.29, 1.82) is 0 Å². The van der Waals surface area contributed by atoms with E-state index in [2.05, 4.69) is 10.1 Å². The van der Waals surface area contributed by atoms with Crippen molar-refractivity contribution in [3.05, 3.63) is 53.4 Å². The van der Waals surface area contributed by atoms with E-state index < -0.39 is 39.1 Å². The molecule has 0 radical (unpaired) electrons. The van der Waals surface area contributed by atoms with Crippen LogP contribution in [-0.4, -0.2) is 25.4 Å². The van der Waals surface area contributed by atoms with Gasteiger partial charge >= 0.3 is 0 Å². The summed E-state index contributed by atoms with van der Waals surface area (Å²) in [7, 11) is -3.37. The van der Waals surface area contributed by atoms with E-state index >= 15 is 0 Å². The molecule has 2 rings (SSSR count). The standard InChI is InChI=1S/C14H11F4N3O2S/c1-7(8-3-5-9(6-4-8)24(2,22)23)20-21-12-10(15)13(17)19-14(18)11(12)16/h3-6H,1-2H3,(H,19,21)/b20-7-. The van der Waals surface area contributed by atoms with Crippen molar-refractivity contribution in [3.8, 4) is 0 Å². The van der Waals surface area contributed by atoms with E-state index in [1.807, 2.05) is 5.43 Å². The fourth-order valence-electron chi connectivity index (χ4n) is 1.73. The minimum atomic E-state index is -3.37. The second-order valence-electron chi connectivity index (χ2n) is 4.80. The summed E-state index contributed by atoms with van der Waals surface area (Å²) in [6.07, 6.45) is 1.04. The first-order valence-electron chi connectivity index (χ1n) is 6.42. The van der Waals surface area contributed by atoms with Gasteiger partial charge in [0.05, 0.1) is 10.6 Å². The molecule has 0 amide bonds. The zero-order valence-corrected chi connectivity index (χ0v) is 13.3. The lowest BCUT2D eigenvalue weighted by atomic mass is 10.1. The monoisotopic (exact) mass is 361 g/mol. The Kier molecular flexibility index (Phi) is 4.88. The third kappa shape index (κ3) is 3.70. The third-order valence-corrected chi connectivity index (χ3v) is 4.16.